The zero-order chi connectivity index (χ0) is 13.1. The lowest BCUT2D eigenvalue weighted by molar-refractivity contribution is -0.117. The Balaban J connectivity index is 1.74. The van der Waals surface area contributed by atoms with Crippen LogP contribution in [0.25, 0.3) is 0 Å². The van der Waals surface area contributed by atoms with Gasteiger partial charge >= 0.3 is 0 Å². The quantitative estimate of drug-likeness (QED) is 0.817. The summed E-state index contributed by atoms with van der Waals surface area (Å²) in [6, 6.07) is 1.48. The number of hydrogen-bond donors (Lipinski definition) is 2. The van der Waals surface area contributed by atoms with E-state index in [0.29, 0.717) is 11.9 Å². The third-order valence-corrected chi connectivity index (χ3v) is 3.02. The summed E-state index contributed by atoms with van der Waals surface area (Å²) in [6.45, 7) is 0.776. The molecule has 0 bridgehead atoms. The number of anilines is 2. The van der Waals surface area contributed by atoms with Crippen LogP contribution in [0.15, 0.2) is 24.8 Å². The number of carbonyl (C=O) groups excluding carboxylic acids is 1. The highest BCUT2D eigenvalue weighted by molar-refractivity contribution is 5.95. The molecule has 1 fully saturated rings. The lowest BCUT2D eigenvalue weighted by atomic mass is 10.2. The van der Waals surface area contributed by atoms with Gasteiger partial charge in [-0.05, 0) is 18.9 Å². The summed E-state index contributed by atoms with van der Waals surface area (Å²) < 4.78 is 0. The van der Waals surface area contributed by atoms with Gasteiger partial charge in [-0.25, -0.2) is 15.1 Å². The maximum absolute atomic E-state index is 12.2. The highest BCUT2D eigenvalue weighted by Crippen LogP contribution is 2.22. The predicted octanol–water partition coefficient (Wildman–Crippen LogP) is 0.202. The Kier molecular flexibility index (Phi) is 3.05. The second kappa shape index (κ2) is 5.01. The van der Waals surface area contributed by atoms with E-state index in [1.807, 2.05) is 4.90 Å². The molecule has 2 N–H and O–H groups in total. The van der Waals surface area contributed by atoms with Crippen molar-refractivity contribution in [3.63, 3.8) is 0 Å². The van der Waals surface area contributed by atoms with Crippen molar-refractivity contribution in [2.45, 2.75) is 18.9 Å². The molecule has 0 aromatic carbocycles. The smallest absolute Gasteiger partial charge is 0.249 e. The van der Waals surface area contributed by atoms with Gasteiger partial charge in [-0.3, -0.25) is 10.1 Å². The minimum atomic E-state index is -0.271. The van der Waals surface area contributed by atoms with Crippen LogP contribution in [-0.2, 0) is 4.79 Å². The summed E-state index contributed by atoms with van der Waals surface area (Å²) in [4.78, 5) is 26.4. The first-order valence-corrected chi connectivity index (χ1v) is 6.04. The van der Waals surface area contributed by atoms with Crippen LogP contribution in [-0.4, -0.2) is 43.6 Å². The molecule has 8 nitrogen and oxygen atoms in total. The van der Waals surface area contributed by atoms with Gasteiger partial charge in [0, 0.05) is 18.9 Å². The van der Waals surface area contributed by atoms with Crippen LogP contribution in [0.1, 0.15) is 12.8 Å². The van der Waals surface area contributed by atoms with Gasteiger partial charge in [-0.1, -0.05) is 0 Å². The van der Waals surface area contributed by atoms with Crippen molar-refractivity contribution in [2.24, 2.45) is 0 Å². The molecule has 1 aliphatic rings. The van der Waals surface area contributed by atoms with Crippen molar-refractivity contribution in [2.75, 3.05) is 16.8 Å². The highest BCUT2D eigenvalue weighted by Gasteiger charge is 2.32. The van der Waals surface area contributed by atoms with Crippen LogP contribution >= 0.6 is 0 Å². The second-order valence-electron chi connectivity index (χ2n) is 4.22. The predicted molar refractivity (Wildman–Crippen MR) is 67.4 cm³/mol. The molecule has 2 aromatic rings. The van der Waals surface area contributed by atoms with E-state index in [1.54, 1.807) is 18.5 Å². The van der Waals surface area contributed by atoms with E-state index in [-0.39, 0.29) is 11.9 Å². The summed E-state index contributed by atoms with van der Waals surface area (Å²) in [5.74, 6) is 0.810. The molecular formula is C11H13N7O. The number of amides is 1. The number of hydrogen-bond acceptors (Lipinski definition) is 6. The Labute approximate surface area is 109 Å². The Hall–Kier alpha value is -2.51. The number of nitrogens with one attached hydrogen (secondary N) is 2. The lowest BCUT2D eigenvalue weighted by Crippen LogP contribution is -2.40. The first kappa shape index (κ1) is 11.6. The van der Waals surface area contributed by atoms with Crippen molar-refractivity contribution in [3.8, 4) is 0 Å². The molecule has 0 spiro atoms. The van der Waals surface area contributed by atoms with E-state index in [0.717, 1.165) is 19.4 Å². The standard InChI is InChI=1S/C11H13N7O/c19-9(16-10-14-7-15-17-10)8-3-1-6-18(8)11-12-4-2-5-13-11/h2,4-5,7-8H,1,3,6H2,(H2,14,15,16,17,19). The molecule has 3 heterocycles. The number of aromatic amines is 1. The number of rotatable bonds is 3. The Morgan fingerprint density at radius 2 is 2.21 bits per heavy atom. The fourth-order valence-corrected chi connectivity index (χ4v) is 2.18. The molecule has 3 rings (SSSR count). The zero-order valence-corrected chi connectivity index (χ0v) is 10.2. The Morgan fingerprint density at radius 1 is 1.37 bits per heavy atom. The summed E-state index contributed by atoms with van der Waals surface area (Å²) in [5.41, 5.74) is 0. The molecule has 19 heavy (non-hydrogen) atoms. The molecule has 0 aliphatic carbocycles. The number of aromatic nitrogens is 5. The Morgan fingerprint density at radius 3 is 2.95 bits per heavy atom. The van der Waals surface area contributed by atoms with Gasteiger partial charge in [0.1, 0.15) is 12.4 Å². The van der Waals surface area contributed by atoms with Crippen LogP contribution in [0.4, 0.5) is 11.9 Å². The zero-order valence-electron chi connectivity index (χ0n) is 10.2. The molecule has 1 aliphatic heterocycles. The van der Waals surface area contributed by atoms with Crippen LogP contribution in [0.2, 0.25) is 0 Å². The summed E-state index contributed by atoms with van der Waals surface area (Å²) in [5, 5.41) is 8.99. The third-order valence-electron chi connectivity index (χ3n) is 3.02. The van der Waals surface area contributed by atoms with E-state index in [2.05, 4.69) is 30.5 Å². The molecule has 1 amide bonds. The molecule has 0 saturated carbocycles. The first-order valence-electron chi connectivity index (χ1n) is 6.04. The maximum Gasteiger partial charge on any atom is 0.249 e. The van der Waals surface area contributed by atoms with Gasteiger partial charge in [0.25, 0.3) is 0 Å². The maximum atomic E-state index is 12.2. The molecule has 98 valence electrons. The summed E-state index contributed by atoms with van der Waals surface area (Å²) >= 11 is 0. The number of H-pyrrole nitrogens is 1. The summed E-state index contributed by atoms with van der Waals surface area (Å²) in [7, 11) is 0. The van der Waals surface area contributed by atoms with Crippen LogP contribution in [0, 0.1) is 0 Å². The van der Waals surface area contributed by atoms with E-state index in [1.165, 1.54) is 6.33 Å². The van der Waals surface area contributed by atoms with E-state index in [9.17, 15) is 4.79 Å². The fraction of sp³-hybridized carbons (Fsp3) is 0.364. The van der Waals surface area contributed by atoms with Crippen LogP contribution in [0.3, 0.4) is 0 Å². The van der Waals surface area contributed by atoms with Crippen molar-refractivity contribution in [3.05, 3.63) is 24.8 Å². The van der Waals surface area contributed by atoms with Gasteiger partial charge in [-0.2, -0.15) is 10.1 Å². The van der Waals surface area contributed by atoms with Crippen molar-refractivity contribution in [1.82, 2.24) is 25.1 Å². The summed E-state index contributed by atoms with van der Waals surface area (Å²) in [6.07, 6.45) is 6.41. The van der Waals surface area contributed by atoms with Crippen LogP contribution < -0.4 is 10.2 Å². The van der Waals surface area contributed by atoms with Gasteiger partial charge < -0.3 is 4.90 Å². The normalized spacial score (nSPS) is 18.5. The van der Waals surface area contributed by atoms with E-state index >= 15 is 0 Å². The molecular weight excluding hydrogens is 246 g/mol. The second-order valence-corrected chi connectivity index (χ2v) is 4.22. The highest BCUT2D eigenvalue weighted by atomic mass is 16.2. The molecule has 8 heteroatoms. The first-order chi connectivity index (χ1) is 9.34. The fourth-order valence-electron chi connectivity index (χ4n) is 2.18. The van der Waals surface area contributed by atoms with Gasteiger partial charge in [0.2, 0.25) is 17.8 Å². The monoisotopic (exact) mass is 259 g/mol. The third kappa shape index (κ3) is 2.37. The molecule has 1 unspecified atom stereocenters. The average molecular weight is 259 g/mol. The van der Waals surface area contributed by atoms with E-state index < -0.39 is 0 Å². The van der Waals surface area contributed by atoms with Gasteiger partial charge in [0.05, 0.1) is 0 Å². The van der Waals surface area contributed by atoms with Crippen molar-refractivity contribution >= 4 is 17.8 Å². The molecule has 2 aromatic heterocycles. The number of nitrogens with zero attached hydrogens (tertiary/aromatic N) is 5. The van der Waals surface area contributed by atoms with Crippen molar-refractivity contribution in [1.29, 1.82) is 0 Å². The molecule has 1 atom stereocenters. The van der Waals surface area contributed by atoms with E-state index in [4.69, 9.17) is 0 Å². The topological polar surface area (TPSA) is 99.7 Å². The minimum Gasteiger partial charge on any atom is -0.329 e. The van der Waals surface area contributed by atoms with Gasteiger partial charge in [-0.15, -0.1) is 0 Å². The Bertz CT molecular complexity index is 541. The SMILES string of the molecule is O=C(Nc1ncn[nH]1)C1CCCN1c1ncccn1. The average Bonchev–Trinajstić information content (AvgIpc) is 3.10. The number of carbonyl (C=O) groups is 1. The lowest BCUT2D eigenvalue weighted by Gasteiger charge is -2.22. The minimum absolute atomic E-state index is 0.123. The molecule has 1 saturated heterocycles. The van der Waals surface area contributed by atoms with Gasteiger partial charge in [0.15, 0.2) is 0 Å². The largest absolute Gasteiger partial charge is 0.329 e. The van der Waals surface area contributed by atoms with Crippen molar-refractivity contribution < 1.29 is 4.79 Å². The molecule has 0 radical (unpaired) electrons. The van der Waals surface area contributed by atoms with Crippen LogP contribution in [0.5, 0.6) is 0 Å².